The molecular weight excluding hydrogens is 428 g/mol. The Morgan fingerprint density at radius 3 is 2.09 bits per heavy atom. The number of hydrogen-bond acceptors (Lipinski definition) is 5. The normalized spacial score (nSPS) is 10.8. The molecule has 0 heterocycles. The molecule has 1 N–H and O–H groups in total. The van der Waals surface area contributed by atoms with Crippen LogP contribution in [0.5, 0.6) is 0 Å². The van der Waals surface area contributed by atoms with Crippen molar-refractivity contribution in [3.05, 3.63) is 117 Å². The van der Waals surface area contributed by atoms with Gasteiger partial charge in [-0.25, -0.2) is 0 Å². The molecular formula is C24H19ClN4O3. The monoisotopic (exact) mass is 446 g/mol. The zero-order chi connectivity index (χ0) is 22.9. The summed E-state index contributed by atoms with van der Waals surface area (Å²) in [4.78, 5) is 25.0. The molecule has 0 radical (unpaired) electrons. The maximum atomic E-state index is 12.7. The molecule has 0 aliphatic heterocycles. The summed E-state index contributed by atoms with van der Waals surface area (Å²) in [7, 11) is 0. The van der Waals surface area contributed by atoms with Crippen molar-refractivity contribution in [1.82, 2.24) is 4.90 Å². The highest BCUT2D eigenvalue weighted by molar-refractivity contribution is 6.32. The van der Waals surface area contributed by atoms with Gasteiger partial charge in [0.25, 0.3) is 11.6 Å². The molecule has 0 unspecified atom stereocenters. The summed E-state index contributed by atoms with van der Waals surface area (Å²) in [5, 5.41) is 23.2. The molecule has 0 atom stereocenters. The summed E-state index contributed by atoms with van der Waals surface area (Å²) in [5.41, 5.74) is 1.75. The van der Waals surface area contributed by atoms with E-state index in [1.807, 2.05) is 71.6 Å². The number of rotatable bonds is 8. The number of nitro benzene ring substituents is 1. The van der Waals surface area contributed by atoms with Crippen LogP contribution < -0.4 is 5.32 Å². The van der Waals surface area contributed by atoms with Crippen molar-refractivity contribution < 1.29 is 9.72 Å². The van der Waals surface area contributed by atoms with Crippen LogP contribution in [0.1, 0.15) is 11.1 Å². The van der Waals surface area contributed by atoms with E-state index >= 15 is 0 Å². The first-order valence-electron chi connectivity index (χ1n) is 9.65. The minimum absolute atomic E-state index is 0.0408. The number of nitrogens with zero attached hydrogens (tertiary/aromatic N) is 3. The van der Waals surface area contributed by atoms with Gasteiger partial charge in [0, 0.05) is 31.0 Å². The molecule has 32 heavy (non-hydrogen) atoms. The van der Waals surface area contributed by atoms with Crippen LogP contribution in [0.15, 0.2) is 90.6 Å². The molecule has 8 heteroatoms. The molecule has 0 bridgehead atoms. The van der Waals surface area contributed by atoms with Gasteiger partial charge in [0.05, 0.1) is 4.92 Å². The summed E-state index contributed by atoms with van der Waals surface area (Å²) in [6.07, 6.45) is 1.50. The molecule has 1 amide bonds. The molecule has 0 aliphatic rings. The maximum absolute atomic E-state index is 12.7. The molecule has 0 fully saturated rings. The Kier molecular flexibility index (Phi) is 7.57. The third-order valence-electron chi connectivity index (χ3n) is 4.53. The first-order valence-corrected chi connectivity index (χ1v) is 10.0. The number of anilines is 1. The van der Waals surface area contributed by atoms with Gasteiger partial charge in [-0.2, -0.15) is 5.26 Å². The fourth-order valence-electron chi connectivity index (χ4n) is 3.03. The van der Waals surface area contributed by atoms with Gasteiger partial charge < -0.3 is 10.2 Å². The van der Waals surface area contributed by atoms with Gasteiger partial charge in [-0.3, -0.25) is 14.9 Å². The summed E-state index contributed by atoms with van der Waals surface area (Å²) in [6.45, 7) is 0.973. The van der Waals surface area contributed by atoms with Gasteiger partial charge in [0.15, 0.2) is 0 Å². The fraction of sp³-hybridized carbons (Fsp3) is 0.0833. The molecule has 0 saturated carbocycles. The smallest absolute Gasteiger partial charge is 0.289 e. The number of carbonyl (C=O) groups excluding carboxylic acids is 1. The van der Waals surface area contributed by atoms with Crippen molar-refractivity contribution >= 4 is 28.9 Å². The number of carbonyl (C=O) groups is 1. The minimum Gasteiger partial charge on any atom is -0.367 e. The molecule has 3 aromatic rings. The van der Waals surface area contributed by atoms with E-state index < -0.39 is 10.8 Å². The number of nitrogens with one attached hydrogen (secondary N) is 1. The van der Waals surface area contributed by atoms with Gasteiger partial charge in [-0.05, 0) is 23.3 Å². The molecule has 7 nitrogen and oxygen atoms in total. The van der Waals surface area contributed by atoms with Crippen LogP contribution in [0.25, 0.3) is 0 Å². The molecule has 0 aromatic heterocycles. The first-order chi connectivity index (χ1) is 15.5. The molecule has 0 spiro atoms. The quantitative estimate of drug-likeness (QED) is 0.219. The van der Waals surface area contributed by atoms with Crippen molar-refractivity contribution in [2.75, 3.05) is 5.32 Å². The van der Waals surface area contributed by atoms with Gasteiger partial charge in [0.1, 0.15) is 16.7 Å². The molecule has 3 aromatic carbocycles. The van der Waals surface area contributed by atoms with Crippen molar-refractivity contribution in [2.45, 2.75) is 13.1 Å². The maximum Gasteiger partial charge on any atom is 0.289 e. The Hall–Kier alpha value is -4.15. The summed E-state index contributed by atoms with van der Waals surface area (Å²) in [5.74, 6) is -0.671. The standard InChI is InChI=1S/C24H19ClN4O3/c25-22-12-11-21(13-23(22)29(31)32)27-24(30)20(14-26)17-28(15-18-7-3-1-4-8-18)16-19-9-5-2-6-10-19/h1-13,17H,15-16H2,(H,27,30)/b20-17-. The average Bonchev–Trinajstić information content (AvgIpc) is 2.79. The highest BCUT2D eigenvalue weighted by Crippen LogP contribution is 2.27. The SMILES string of the molecule is N#C/C(=C/N(Cc1ccccc1)Cc1ccccc1)C(=O)Nc1ccc(Cl)c([N+](=O)[O-])c1. The van der Waals surface area contributed by atoms with Crippen molar-refractivity contribution in [2.24, 2.45) is 0 Å². The average molecular weight is 447 g/mol. The zero-order valence-corrected chi connectivity index (χ0v) is 17.7. The lowest BCUT2D eigenvalue weighted by atomic mass is 10.1. The highest BCUT2D eigenvalue weighted by atomic mass is 35.5. The van der Waals surface area contributed by atoms with Gasteiger partial charge in [-0.15, -0.1) is 0 Å². The van der Waals surface area contributed by atoms with E-state index in [9.17, 15) is 20.2 Å². The van der Waals surface area contributed by atoms with Crippen LogP contribution in [-0.2, 0) is 17.9 Å². The number of nitriles is 1. The van der Waals surface area contributed by atoms with Crippen LogP contribution in [0.3, 0.4) is 0 Å². The number of nitro groups is 1. The van der Waals surface area contributed by atoms with E-state index in [4.69, 9.17) is 11.6 Å². The van der Waals surface area contributed by atoms with Crippen LogP contribution in [0.2, 0.25) is 5.02 Å². The molecule has 3 rings (SSSR count). The second-order valence-electron chi connectivity index (χ2n) is 6.91. The second kappa shape index (κ2) is 10.8. The van der Waals surface area contributed by atoms with E-state index in [0.29, 0.717) is 13.1 Å². The van der Waals surface area contributed by atoms with Crippen molar-refractivity contribution in [3.63, 3.8) is 0 Å². The number of benzene rings is 3. The Morgan fingerprint density at radius 1 is 1.03 bits per heavy atom. The Morgan fingerprint density at radius 2 is 1.59 bits per heavy atom. The van der Waals surface area contributed by atoms with E-state index in [0.717, 1.165) is 17.2 Å². The zero-order valence-electron chi connectivity index (χ0n) is 16.9. The molecule has 0 aliphatic carbocycles. The second-order valence-corrected chi connectivity index (χ2v) is 7.32. The first kappa shape index (κ1) is 22.5. The summed E-state index contributed by atoms with van der Waals surface area (Å²) in [6, 6.07) is 25.2. The summed E-state index contributed by atoms with van der Waals surface area (Å²) < 4.78 is 0. The van der Waals surface area contributed by atoms with E-state index in [2.05, 4.69) is 5.32 Å². The van der Waals surface area contributed by atoms with E-state index in [1.165, 1.54) is 18.3 Å². The highest BCUT2D eigenvalue weighted by Gasteiger charge is 2.16. The van der Waals surface area contributed by atoms with E-state index in [-0.39, 0.29) is 22.0 Å². The Labute approximate surface area is 190 Å². The number of hydrogen-bond donors (Lipinski definition) is 1. The van der Waals surface area contributed by atoms with Gasteiger partial charge in [0.2, 0.25) is 0 Å². The number of halogens is 1. The minimum atomic E-state index is -0.671. The topological polar surface area (TPSA) is 99.3 Å². The lowest BCUT2D eigenvalue weighted by Gasteiger charge is -2.21. The van der Waals surface area contributed by atoms with Gasteiger partial charge in [-0.1, -0.05) is 72.3 Å². The van der Waals surface area contributed by atoms with Gasteiger partial charge >= 0.3 is 0 Å². The lowest BCUT2D eigenvalue weighted by molar-refractivity contribution is -0.384. The van der Waals surface area contributed by atoms with Crippen LogP contribution in [-0.4, -0.2) is 15.7 Å². The third-order valence-corrected chi connectivity index (χ3v) is 4.85. The molecule has 160 valence electrons. The fourth-order valence-corrected chi connectivity index (χ4v) is 3.22. The Bertz CT molecular complexity index is 1130. The van der Waals surface area contributed by atoms with Crippen LogP contribution in [0.4, 0.5) is 11.4 Å². The lowest BCUT2D eigenvalue weighted by Crippen LogP contribution is -2.21. The third kappa shape index (κ3) is 6.17. The van der Waals surface area contributed by atoms with E-state index in [1.54, 1.807) is 0 Å². The molecule has 0 saturated heterocycles. The van der Waals surface area contributed by atoms with Crippen LogP contribution in [0, 0.1) is 21.4 Å². The predicted molar refractivity (Wildman–Crippen MR) is 123 cm³/mol. The summed E-state index contributed by atoms with van der Waals surface area (Å²) >= 11 is 5.82. The predicted octanol–water partition coefficient (Wildman–Crippen LogP) is 5.30. The number of amides is 1. The Balaban J connectivity index is 1.84. The van der Waals surface area contributed by atoms with Crippen LogP contribution >= 0.6 is 11.6 Å². The van der Waals surface area contributed by atoms with Crippen molar-refractivity contribution in [3.8, 4) is 6.07 Å². The largest absolute Gasteiger partial charge is 0.367 e. The van der Waals surface area contributed by atoms with Crippen molar-refractivity contribution in [1.29, 1.82) is 5.26 Å².